The topological polar surface area (TPSA) is 70.7 Å². The van der Waals surface area contributed by atoms with Crippen LogP contribution in [0.25, 0.3) is 0 Å². The summed E-state index contributed by atoms with van der Waals surface area (Å²) in [6.45, 7) is 3.73. The van der Waals surface area contributed by atoms with Crippen molar-refractivity contribution in [2.45, 2.75) is 13.8 Å². The standard InChI is InChI=1S/C11H10Cl2N4O/c1-5-6(2)16-17-10(5)15-11(18)7-3-9(13)14-4-8(7)12/h3-4H,1-2H3,(H2,15,16,17,18). The Morgan fingerprint density at radius 1 is 1.39 bits per heavy atom. The summed E-state index contributed by atoms with van der Waals surface area (Å²) in [5, 5.41) is 9.88. The van der Waals surface area contributed by atoms with Crippen molar-refractivity contribution >= 4 is 34.9 Å². The highest BCUT2D eigenvalue weighted by Gasteiger charge is 2.15. The van der Waals surface area contributed by atoms with Crippen LogP contribution in [0.3, 0.4) is 0 Å². The van der Waals surface area contributed by atoms with Gasteiger partial charge in [-0.25, -0.2) is 4.98 Å². The normalized spacial score (nSPS) is 10.4. The Labute approximate surface area is 114 Å². The SMILES string of the molecule is Cc1[nH]nc(NC(=O)c2cc(Cl)ncc2Cl)c1C. The van der Waals surface area contributed by atoms with Gasteiger partial charge in [0.15, 0.2) is 5.82 Å². The maximum Gasteiger partial charge on any atom is 0.258 e. The van der Waals surface area contributed by atoms with Gasteiger partial charge in [0.2, 0.25) is 0 Å². The number of aromatic nitrogens is 3. The lowest BCUT2D eigenvalue weighted by Gasteiger charge is -2.05. The number of rotatable bonds is 2. The molecule has 0 saturated heterocycles. The lowest BCUT2D eigenvalue weighted by molar-refractivity contribution is 0.102. The highest BCUT2D eigenvalue weighted by atomic mass is 35.5. The summed E-state index contributed by atoms with van der Waals surface area (Å²) in [7, 11) is 0. The number of anilines is 1. The molecule has 0 aromatic carbocycles. The molecule has 0 bridgehead atoms. The molecule has 0 spiro atoms. The Morgan fingerprint density at radius 2 is 2.11 bits per heavy atom. The van der Waals surface area contributed by atoms with Crippen LogP contribution in [0.15, 0.2) is 12.3 Å². The van der Waals surface area contributed by atoms with Crippen LogP contribution in [0.4, 0.5) is 5.82 Å². The number of carbonyl (C=O) groups is 1. The van der Waals surface area contributed by atoms with Gasteiger partial charge in [-0.2, -0.15) is 5.10 Å². The van der Waals surface area contributed by atoms with E-state index in [0.717, 1.165) is 11.3 Å². The van der Waals surface area contributed by atoms with E-state index in [9.17, 15) is 4.79 Å². The minimum Gasteiger partial charge on any atom is -0.305 e. The number of aromatic amines is 1. The Morgan fingerprint density at radius 3 is 2.72 bits per heavy atom. The molecule has 0 saturated carbocycles. The number of hydrogen-bond acceptors (Lipinski definition) is 3. The van der Waals surface area contributed by atoms with Crippen molar-refractivity contribution in [1.29, 1.82) is 0 Å². The number of amides is 1. The van der Waals surface area contributed by atoms with Gasteiger partial charge in [0, 0.05) is 17.5 Å². The molecule has 0 unspecified atom stereocenters. The van der Waals surface area contributed by atoms with Crippen molar-refractivity contribution in [3.8, 4) is 0 Å². The molecular formula is C11H10Cl2N4O. The van der Waals surface area contributed by atoms with Crippen LogP contribution in [0.2, 0.25) is 10.2 Å². The highest BCUT2D eigenvalue weighted by molar-refractivity contribution is 6.35. The van der Waals surface area contributed by atoms with Gasteiger partial charge in [0.25, 0.3) is 5.91 Å². The van der Waals surface area contributed by atoms with E-state index in [4.69, 9.17) is 23.2 Å². The van der Waals surface area contributed by atoms with Crippen LogP contribution in [0.1, 0.15) is 21.6 Å². The maximum absolute atomic E-state index is 12.0. The predicted octanol–water partition coefficient (Wildman–Crippen LogP) is 2.98. The number of H-pyrrole nitrogens is 1. The van der Waals surface area contributed by atoms with Crippen molar-refractivity contribution in [3.63, 3.8) is 0 Å². The molecule has 18 heavy (non-hydrogen) atoms. The Hall–Kier alpha value is -1.59. The molecule has 0 aliphatic rings. The van der Waals surface area contributed by atoms with E-state index in [1.807, 2.05) is 13.8 Å². The van der Waals surface area contributed by atoms with Gasteiger partial charge in [-0.1, -0.05) is 23.2 Å². The zero-order chi connectivity index (χ0) is 13.3. The first-order valence-corrected chi connectivity index (χ1v) is 5.88. The van der Waals surface area contributed by atoms with Crippen LogP contribution >= 0.6 is 23.2 Å². The first kappa shape index (κ1) is 12.9. The summed E-state index contributed by atoms with van der Waals surface area (Å²) in [6, 6.07) is 1.41. The van der Waals surface area contributed by atoms with E-state index < -0.39 is 0 Å². The molecule has 7 heteroatoms. The van der Waals surface area contributed by atoms with Crippen molar-refractivity contribution in [1.82, 2.24) is 15.2 Å². The first-order valence-electron chi connectivity index (χ1n) is 5.13. The molecule has 2 heterocycles. The monoisotopic (exact) mass is 284 g/mol. The highest BCUT2D eigenvalue weighted by Crippen LogP contribution is 2.20. The van der Waals surface area contributed by atoms with Crippen LogP contribution < -0.4 is 5.32 Å². The third-order valence-electron chi connectivity index (χ3n) is 2.55. The molecule has 0 radical (unpaired) electrons. The number of hydrogen-bond donors (Lipinski definition) is 2. The number of nitrogens with zero attached hydrogens (tertiary/aromatic N) is 2. The molecule has 2 aromatic heterocycles. The largest absolute Gasteiger partial charge is 0.305 e. The Bertz CT molecular complexity index is 609. The minimum absolute atomic E-state index is 0.208. The molecule has 0 aliphatic heterocycles. The molecule has 0 fully saturated rings. The molecule has 5 nitrogen and oxygen atoms in total. The molecule has 1 amide bonds. The van der Waals surface area contributed by atoms with E-state index in [2.05, 4.69) is 20.5 Å². The van der Waals surface area contributed by atoms with E-state index in [1.165, 1.54) is 12.3 Å². The molecule has 94 valence electrons. The van der Waals surface area contributed by atoms with Gasteiger partial charge in [0.05, 0.1) is 10.6 Å². The Kier molecular flexibility index (Phi) is 3.54. The van der Waals surface area contributed by atoms with E-state index in [1.54, 1.807) is 0 Å². The number of halogens is 2. The molecule has 2 N–H and O–H groups in total. The average molecular weight is 285 g/mol. The second kappa shape index (κ2) is 4.96. The zero-order valence-corrected chi connectivity index (χ0v) is 11.2. The summed E-state index contributed by atoms with van der Waals surface area (Å²) in [5.74, 6) is 0.0976. The van der Waals surface area contributed by atoms with Gasteiger partial charge in [-0.3, -0.25) is 9.89 Å². The summed E-state index contributed by atoms with van der Waals surface area (Å²) in [5.41, 5.74) is 2.03. The van der Waals surface area contributed by atoms with Crippen LogP contribution in [0.5, 0.6) is 0 Å². The molecule has 2 rings (SSSR count). The number of carbonyl (C=O) groups excluding carboxylic acids is 1. The molecule has 0 atom stereocenters. The second-order valence-electron chi connectivity index (χ2n) is 3.76. The lowest BCUT2D eigenvalue weighted by Crippen LogP contribution is -2.13. The van der Waals surface area contributed by atoms with Gasteiger partial charge < -0.3 is 5.32 Å². The third-order valence-corrected chi connectivity index (χ3v) is 3.06. The summed E-state index contributed by atoms with van der Waals surface area (Å²) < 4.78 is 0. The predicted molar refractivity (Wildman–Crippen MR) is 70.3 cm³/mol. The molecular weight excluding hydrogens is 275 g/mol. The van der Waals surface area contributed by atoms with Gasteiger partial charge >= 0.3 is 0 Å². The zero-order valence-electron chi connectivity index (χ0n) is 9.71. The minimum atomic E-state index is -0.376. The van der Waals surface area contributed by atoms with Crippen molar-refractivity contribution in [2.75, 3.05) is 5.32 Å². The van der Waals surface area contributed by atoms with E-state index in [-0.39, 0.29) is 21.6 Å². The summed E-state index contributed by atoms with van der Waals surface area (Å²) in [4.78, 5) is 15.8. The number of nitrogens with one attached hydrogen (secondary N) is 2. The third kappa shape index (κ3) is 2.47. The lowest BCUT2D eigenvalue weighted by atomic mass is 10.2. The Balaban J connectivity index is 2.27. The van der Waals surface area contributed by atoms with Gasteiger partial charge in [0.1, 0.15) is 5.15 Å². The molecule has 2 aromatic rings. The second-order valence-corrected chi connectivity index (χ2v) is 4.56. The fourth-order valence-corrected chi connectivity index (χ4v) is 1.72. The van der Waals surface area contributed by atoms with Crippen LogP contribution in [0, 0.1) is 13.8 Å². The van der Waals surface area contributed by atoms with Crippen LogP contribution in [-0.2, 0) is 0 Å². The maximum atomic E-state index is 12.0. The molecule has 0 aliphatic carbocycles. The van der Waals surface area contributed by atoms with E-state index >= 15 is 0 Å². The van der Waals surface area contributed by atoms with Crippen molar-refractivity contribution in [3.05, 3.63) is 39.3 Å². The summed E-state index contributed by atoms with van der Waals surface area (Å²) >= 11 is 11.6. The quantitative estimate of drug-likeness (QED) is 0.833. The van der Waals surface area contributed by atoms with Gasteiger partial charge in [-0.15, -0.1) is 0 Å². The average Bonchev–Trinajstić information content (AvgIpc) is 2.64. The van der Waals surface area contributed by atoms with Crippen LogP contribution in [-0.4, -0.2) is 21.1 Å². The number of aryl methyl sites for hydroxylation is 1. The van der Waals surface area contributed by atoms with E-state index in [0.29, 0.717) is 5.82 Å². The van der Waals surface area contributed by atoms with Gasteiger partial charge in [-0.05, 0) is 19.9 Å². The fourth-order valence-electron chi connectivity index (χ4n) is 1.37. The summed E-state index contributed by atoms with van der Waals surface area (Å²) in [6.07, 6.45) is 1.33. The smallest absolute Gasteiger partial charge is 0.258 e. The fraction of sp³-hybridized carbons (Fsp3) is 0.182. The number of pyridine rings is 1. The van der Waals surface area contributed by atoms with Crippen molar-refractivity contribution in [2.24, 2.45) is 0 Å². The first-order chi connectivity index (χ1) is 8.49. The van der Waals surface area contributed by atoms with Crippen molar-refractivity contribution < 1.29 is 4.79 Å².